The van der Waals surface area contributed by atoms with Crippen molar-refractivity contribution in [3.8, 4) is 17.0 Å². The van der Waals surface area contributed by atoms with Crippen molar-refractivity contribution in [3.05, 3.63) is 72.2 Å². The van der Waals surface area contributed by atoms with Crippen LogP contribution in [0.3, 0.4) is 0 Å². The molecule has 0 atom stereocenters. The Hall–Kier alpha value is -3.39. The minimum atomic E-state index is -3.75. The molecule has 0 unspecified atom stereocenters. The van der Waals surface area contributed by atoms with Gasteiger partial charge in [0.15, 0.2) is 0 Å². The molecular formula is C21H20N4O3S. The van der Waals surface area contributed by atoms with Gasteiger partial charge in [-0.25, -0.2) is 18.4 Å². The molecule has 148 valence electrons. The van der Waals surface area contributed by atoms with Crippen LogP contribution in [0.1, 0.15) is 11.1 Å². The summed E-state index contributed by atoms with van der Waals surface area (Å²) in [5.41, 5.74) is 3.57. The fraction of sp³-hybridized carbons (Fsp3) is 0.143. The first-order valence-electron chi connectivity index (χ1n) is 8.95. The quantitative estimate of drug-likeness (QED) is 0.543. The van der Waals surface area contributed by atoms with Gasteiger partial charge in [-0.05, 0) is 55.3 Å². The average Bonchev–Trinajstić information content (AvgIpc) is 3.13. The maximum Gasteiger partial charge on any atom is 0.261 e. The molecule has 8 heteroatoms. The SMILES string of the molecule is COc1ccc(S(=O)(=O)Nc2cc(-c3cn4cccnc4n3)ccc2C)cc1C. The minimum absolute atomic E-state index is 0.178. The molecule has 2 heterocycles. The van der Waals surface area contributed by atoms with E-state index in [4.69, 9.17) is 4.74 Å². The average molecular weight is 408 g/mol. The van der Waals surface area contributed by atoms with Crippen LogP contribution in [0.5, 0.6) is 5.75 Å². The van der Waals surface area contributed by atoms with Gasteiger partial charge in [-0.3, -0.25) is 9.12 Å². The third-order valence-electron chi connectivity index (χ3n) is 4.69. The van der Waals surface area contributed by atoms with Crippen LogP contribution in [0.15, 0.2) is 66.0 Å². The van der Waals surface area contributed by atoms with Crippen LogP contribution >= 0.6 is 0 Å². The summed E-state index contributed by atoms with van der Waals surface area (Å²) in [4.78, 5) is 8.90. The molecule has 2 aromatic heterocycles. The highest BCUT2D eigenvalue weighted by Crippen LogP contribution is 2.28. The monoisotopic (exact) mass is 408 g/mol. The fourth-order valence-corrected chi connectivity index (χ4v) is 4.29. The molecule has 0 bridgehead atoms. The number of rotatable bonds is 5. The number of aryl methyl sites for hydroxylation is 2. The molecule has 0 aliphatic rings. The van der Waals surface area contributed by atoms with E-state index >= 15 is 0 Å². The Labute approximate surface area is 169 Å². The molecule has 0 fully saturated rings. The Kier molecular flexibility index (Phi) is 4.71. The van der Waals surface area contributed by atoms with Gasteiger partial charge in [0.1, 0.15) is 5.75 Å². The van der Waals surface area contributed by atoms with Crippen LogP contribution in [-0.4, -0.2) is 29.9 Å². The summed E-state index contributed by atoms with van der Waals surface area (Å²) in [6.07, 6.45) is 5.40. The molecule has 1 N–H and O–H groups in total. The number of nitrogens with one attached hydrogen (secondary N) is 1. The second kappa shape index (κ2) is 7.21. The number of methoxy groups -OCH3 is 1. The summed E-state index contributed by atoms with van der Waals surface area (Å²) in [6, 6.07) is 12.2. The largest absolute Gasteiger partial charge is 0.496 e. The van der Waals surface area contributed by atoms with E-state index in [0.29, 0.717) is 22.9 Å². The summed E-state index contributed by atoms with van der Waals surface area (Å²) < 4.78 is 35.5. The van der Waals surface area contributed by atoms with Gasteiger partial charge in [0, 0.05) is 24.2 Å². The highest BCUT2D eigenvalue weighted by molar-refractivity contribution is 7.92. The van der Waals surface area contributed by atoms with Gasteiger partial charge in [-0.15, -0.1) is 0 Å². The van der Waals surface area contributed by atoms with E-state index in [2.05, 4.69) is 14.7 Å². The third kappa shape index (κ3) is 3.66. The molecule has 0 aliphatic carbocycles. The van der Waals surface area contributed by atoms with E-state index in [1.807, 2.05) is 41.9 Å². The lowest BCUT2D eigenvalue weighted by Crippen LogP contribution is -2.14. The maximum atomic E-state index is 12.9. The molecule has 7 nitrogen and oxygen atoms in total. The maximum absolute atomic E-state index is 12.9. The van der Waals surface area contributed by atoms with Crippen molar-refractivity contribution in [1.29, 1.82) is 0 Å². The number of fused-ring (bicyclic) bond motifs is 1. The Morgan fingerprint density at radius 1 is 1.07 bits per heavy atom. The van der Waals surface area contributed by atoms with Gasteiger partial charge in [0.05, 0.1) is 23.4 Å². The predicted octanol–water partition coefficient (Wildman–Crippen LogP) is 3.82. The van der Waals surface area contributed by atoms with Gasteiger partial charge < -0.3 is 4.74 Å². The Balaban J connectivity index is 1.70. The Morgan fingerprint density at radius 2 is 1.90 bits per heavy atom. The Morgan fingerprint density at radius 3 is 2.62 bits per heavy atom. The first-order chi connectivity index (χ1) is 13.9. The molecule has 0 saturated heterocycles. The zero-order valence-corrected chi connectivity index (χ0v) is 17.1. The van der Waals surface area contributed by atoms with Crippen LogP contribution in [0.4, 0.5) is 5.69 Å². The standard InChI is InChI=1S/C21H20N4O3S/c1-14-5-6-16(19-13-25-10-4-9-22-21(25)23-19)12-18(14)24-29(26,27)17-7-8-20(28-3)15(2)11-17/h4-13,24H,1-3H3. The molecular weight excluding hydrogens is 388 g/mol. The normalized spacial score (nSPS) is 11.6. The number of sulfonamides is 1. The second-order valence-electron chi connectivity index (χ2n) is 6.72. The first-order valence-corrected chi connectivity index (χ1v) is 10.4. The summed E-state index contributed by atoms with van der Waals surface area (Å²) in [7, 11) is -2.20. The zero-order valence-electron chi connectivity index (χ0n) is 16.2. The van der Waals surface area contributed by atoms with Crippen molar-refractivity contribution in [2.75, 3.05) is 11.8 Å². The lowest BCUT2D eigenvalue weighted by atomic mass is 10.1. The van der Waals surface area contributed by atoms with Gasteiger partial charge in [-0.2, -0.15) is 0 Å². The molecule has 29 heavy (non-hydrogen) atoms. The molecule has 4 aromatic rings. The van der Waals surface area contributed by atoms with Crippen LogP contribution in [0, 0.1) is 13.8 Å². The van der Waals surface area contributed by atoms with Crippen molar-refractivity contribution in [2.24, 2.45) is 0 Å². The van der Waals surface area contributed by atoms with Crippen LogP contribution in [0.2, 0.25) is 0 Å². The van der Waals surface area contributed by atoms with Crippen molar-refractivity contribution >= 4 is 21.5 Å². The number of ether oxygens (including phenoxy) is 1. The lowest BCUT2D eigenvalue weighted by molar-refractivity contribution is 0.411. The zero-order chi connectivity index (χ0) is 20.6. The Bertz CT molecular complexity index is 1280. The van der Waals surface area contributed by atoms with Crippen molar-refractivity contribution in [2.45, 2.75) is 18.7 Å². The highest BCUT2D eigenvalue weighted by atomic mass is 32.2. The molecule has 0 spiro atoms. The van der Waals surface area contributed by atoms with E-state index in [0.717, 1.165) is 16.7 Å². The number of aromatic nitrogens is 3. The number of benzene rings is 2. The number of nitrogens with zero attached hydrogens (tertiary/aromatic N) is 3. The predicted molar refractivity (Wildman–Crippen MR) is 112 cm³/mol. The number of hydrogen-bond donors (Lipinski definition) is 1. The van der Waals surface area contributed by atoms with Crippen molar-refractivity contribution in [3.63, 3.8) is 0 Å². The highest BCUT2D eigenvalue weighted by Gasteiger charge is 2.17. The minimum Gasteiger partial charge on any atom is -0.496 e. The molecule has 0 radical (unpaired) electrons. The van der Waals surface area contributed by atoms with E-state index in [1.54, 1.807) is 38.4 Å². The molecule has 0 aliphatic heterocycles. The molecule has 0 saturated carbocycles. The van der Waals surface area contributed by atoms with Crippen LogP contribution in [0.25, 0.3) is 17.0 Å². The smallest absolute Gasteiger partial charge is 0.261 e. The van der Waals surface area contributed by atoms with E-state index in [1.165, 1.54) is 6.07 Å². The van der Waals surface area contributed by atoms with Crippen molar-refractivity contribution in [1.82, 2.24) is 14.4 Å². The van der Waals surface area contributed by atoms with Crippen molar-refractivity contribution < 1.29 is 13.2 Å². The fourth-order valence-electron chi connectivity index (χ4n) is 3.08. The van der Waals surface area contributed by atoms with Gasteiger partial charge in [0.25, 0.3) is 10.0 Å². The summed E-state index contributed by atoms with van der Waals surface area (Å²) in [5.74, 6) is 1.22. The van der Waals surface area contributed by atoms with Gasteiger partial charge in [-0.1, -0.05) is 12.1 Å². The van der Waals surface area contributed by atoms with Crippen LogP contribution in [-0.2, 0) is 10.0 Å². The summed E-state index contributed by atoms with van der Waals surface area (Å²) in [6.45, 7) is 3.66. The van der Waals surface area contributed by atoms with E-state index < -0.39 is 10.0 Å². The lowest BCUT2D eigenvalue weighted by Gasteiger charge is -2.13. The first kappa shape index (κ1) is 18.9. The number of anilines is 1. The topological polar surface area (TPSA) is 85.6 Å². The summed E-state index contributed by atoms with van der Waals surface area (Å²) >= 11 is 0. The second-order valence-corrected chi connectivity index (χ2v) is 8.40. The third-order valence-corrected chi connectivity index (χ3v) is 6.05. The summed E-state index contributed by atoms with van der Waals surface area (Å²) in [5, 5.41) is 0. The van der Waals surface area contributed by atoms with Gasteiger partial charge >= 0.3 is 0 Å². The van der Waals surface area contributed by atoms with E-state index in [-0.39, 0.29) is 4.90 Å². The molecule has 4 rings (SSSR count). The van der Waals surface area contributed by atoms with E-state index in [9.17, 15) is 8.42 Å². The molecule has 2 aromatic carbocycles. The number of hydrogen-bond acceptors (Lipinski definition) is 5. The number of imidazole rings is 1. The van der Waals surface area contributed by atoms with Crippen LogP contribution < -0.4 is 9.46 Å². The van der Waals surface area contributed by atoms with Gasteiger partial charge in [0.2, 0.25) is 5.78 Å². The molecule has 0 amide bonds.